The molecule has 1 N–H and O–H groups in total. The summed E-state index contributed by atoms with van der Waals surface area (Å²) in [5.74, 6) is -0.353. The second-order valence-corrected chi connectivity index (χ2v) is 9.29. The molecule has 3 aromatic rings. The van der Waals surface area contributed by atoms with Gasteiger partial charge in [0.2, 0.25) is 0 Å². The van der Waals surface area contributed by atoms with Crippen molar-refractivity contribution in [2.45, 2.75) is 26.8 Å². The summed E-state index contributed by atoms with van der Waals surface area (Å²) in [6.45, 7) is 5.73. The Labute approximate surface area is 197 Å². The molecule has 0 saturated carbocycles. The molecule has 2 heterocycles. The van der Waals surface area contributed by atoms with Gasteiger partial charge in [0.1, 0.15) is 5.75 Å². The number of carbonyl (C=O) groups is 1. The Morgan fingerprint density at radius 1 is 1.25 bits per heavy atom. The van der Waals surface area contributed by atoms with Crippen LogP contribution >= 0.6 is 27.3 Å². The van der Waals surface area contributed by atoms with Crippen molar-refractivity contribution in [1.29, 1.82) is 0 Å². The number of phenols is 1. The summed E-state index contributed by atoms with van der Waals surface area (Å²) in [7, 11) is 0. The number of allylic oxidation sites excluding steroid dienone is 1. The first-order chi connectivity index (χ1) is 15.3. The van der Waals surface area contributed by atoms with Crippen LogP contribution in [0.5, 0.6) is 5.75 Å². The molecule has 0 bridgehead atoms. The quantitative estimate of drug-likeness (QED) is 0.541. The van der Waals surface area contributed by atoms with E-state index in [0.717, 1.165) is 16.7 Å². The van der Waals surface area contributed by atoms with Gasteiger partial charge >= 0.3 is 5.97 Å². The molecule has 8 heteroatoms. The van der Waals surface area contributed by atoms with E-state index >= 15 is 0 Å². The van der Waals surface area contributed by atoms with Crippen molar-refractivity contribution in [3.05, 3.63) is 94.6 Å². The maximum absolute atomic E-state index is 13.5. The summed E-state index contributed by atoms with van der Waals surface area (Å²) in [5.41, 5.74) is 3.31. The van der Waals surface area contributed by atoms with Crippen LogP contribution in [0.25, 0.3) is 6.08 Å². The van der Waals surface area contributed by atoms with Gasteiger partial charge in [-0.1, -0.05) is 47.2 Å². The van der Waals surface area contributed by atoms with Gasteiger partial charge in [-0.05, 0) is 66.0 Å². The van der Waals surface area contributed by atoms with Gasteiger partial charge in [0.15, 0.2) is 4.80 Å². The van der Waals surface area contributed by atoms with Gasteiger partial charge < -0.3 is 9.84 Å². The normalized spacial score (nSPS) is 16.0. The van der Waals surface area contributed by atoms with Gasteiger partial charge in [0, 0.05) is 0 Å². The number of benzene rings is 2. The first kappa shape index (κ1) is 22.2. The molecule has 32 heavy (non-hydrogen) atoms. The van der Waals surface area contributed by atoms with E-state index in [0.29, 0.717) is 25.1 Å². The molecule has 1 unspecified atom stereocenters. The number of aromatic hydroxyl groups is 1. The van der Waals surface area contributed by atoms with Crippen LogP contribution < -0.4 is 14.9 Å². The lowest BCUT2D eigenvalue weighted by atomic mass is 9.95. The molecule has 0 saturated heterocycles. The number of hydrogen-bond acceptors (Lipinski definition) is 6. The summed E-state index contributed by atoms with van der Waals surface area (Å²) in [4.78, 5) is 31.5. The minimum Gasteiger partial charge on any atom is -0.507 e. The first-order valence-electron chi connectivity index (χ1n) is 10.0. The van der Waals surface area contributed by atoms with Crippen LogP contribution in [0.3, 0.4) is 0 Å². The SMILES string of the molecule is CCOC(=O)C1=C(C)N=c2s/c(=C\c3ccc(O)c(Br)c3)c(=O)n2C1c1ccc(C)cc1. The lowest BCUT2D eigenvalue weighted by Crippen LogP contribution is -2.39. The number of thiazole rings is 1. The molecule has 1 aliphatic heterocycles. The molecular weight excluding hydrogens is 492 g/mol. The molecule has 0 fully saturated rings. The minimum atomic E-state index is -0.625. The van der Waals surface area contributed by atoms with Crippen molar-refractivity contribution in [3.63, 3.8) is 0 Å². The van der Waals surface area contributed by atoms with Crippen LogP contribution in [0.1, 0.15) is 36.6 Å². The largest absolute Gasteiger partial charge is 0.507 e. The lowest BCUT2D eigenvalue weighted by molar-refractivity contribution is -0.139. The Kier molecular flexibility index (Phi) is 6.17. The highest BCUT2D eigenvalue weighted by Gasteiger charge is 2.33. The van der Waals surface area contributed by atoms with Crippen molar-refractivity contribution in [1.82, 2.24) is 4.57 Å². The molecule has 0 radical (unpaired) electrons. The van der Waals surface area contributed by atoms with Crippen molar-refractivity contribution in [3.8, 4) is 5.75 Å². The van der Waals surface area contributed by atoms with Crippen LogP contribution in [-0.4, -0.2) is 22.2 Å². The highest BCUT2D eigenvalue weighted by Crippen LogP contribution is 2.31. The molecule has 2 aromatic carbocycles. The van der Waals surface area contributed by atoms with E-state index in [1.165, 1.54) is 11.3 Å². The summed E-state index contributed by atoms with van der Waals surface area (Å²) < 4.78 is 7.89. The summed E-state index contributed by atoms with van der Waals surface area (Å²) in [6, 6.07) is 12.2. The Bertz CT molecular complexity index is 1420. The summed E-state index contributed by atoms with van der Waals surface area (Å²) in [6.07, 6.45) is 1.75. The molecule has 0 aliphatic carbocycles. The topological polar surface area (TPSA) is 80.9 Å². The Morgan fingerprint density at radius 3 is 2.62 bits per heavy atom. The summed E-state index contributed by atoms with van der Waals surface area (Å²) >= 11 is 4.56. The Hall–Kier alpha value is -2.97. The van der Waals surface area contributed by atoms with E-state index in [4.69, 9.17) is 4.74 Å². The number of rotatable bonds is 4. The van der Waals surface area contributed by atoms with Crippen LogP contribution in [0.4, 0.5) is 0 Å². The van der Waals surface area contributed by atoms with Gasteiger partial charge in [-0.3, -0.25) is 9.36 Å². The second kappa shape index (κ2) is 8.88. The predicted molar refractivity (Wildman–Crippen MR) is 127 cm³/mol. The van der Waals surface area contributed by atoms with E-state index in [1.54, 1.807) is 42.7 Å². The van der Waals surface area contributed by atoms with Crippen LogP contribution in [0, 0.1) is 6.92 Å². The number of carbonyl (C=O) groups excluding carboxylic acids is 1. The van der Waals surface area contributed by atoms with Crippen molar-refractivity contribution < 1.29 is 14.6 Å². The molecule has 0 spiro atoms. The Balaban J connectivity index is 1.95. The number of fused-ring (bicyclic) bond motifs is 1. The molecule has 164 valence electrons. The highest BCUT2D eigenvalue weighted by molar-refractivity contribution is 9.10. The van der Waals surface area contributed by atoms with E-state index in [9.17, 15) is 14.7 Å². The van der Waals surface area contributed by atoms with E-state index in [-0.39, 0.29) is 17.9 Å². The molecule has 1 aromatic heterocycles. The molecule has 6 nitrogen and oxygen atoms in total. The monoisotopic (exact) mass is 512 g/mol. The Morgan fingerprint density at radius 2 is 1.97 bits per heavy atom. The fraction of sp³-hybridized carbons (Fsp3) is 0.208. The van der Waals surface area contributed by atoms with Crippen molar-refractivity contribution in [2.24, 2.45) is 4.99 Å². The number of ether oxygens (including phenoxy) is 1. The van der Waals surface area contributed by atoms with Gasteiger partial charge in [-0.15, -0.1) is 0 Å². The van der Waals surface area contributed by atoms with E-state index in [2.05, 4.69) is 20.9 Å². The van der Waals surface area contributed by atoms with Crippen LogP contribution in [0.15, 0.2) is 68.0 Å². The molecule has 4 rings (SSSR count). The van der Waals surface area contributed by atoms with E-state index < -0.39 is 12.0 Å². The summed E-state index contributed by atoms with van der Waals surface area (Å²) in [5, 5.41) is 9.74. The van der Waals surface area contributed by atoms with Crippen molar-refractivity contribution >= 4 is 39.3 Å². The fourth-order valence-corrected chi connectivity index (χ4v) is 5.06. The predicted octanol–water partition coefficient (Wildman–Crippen LogP) is 3.57. The lowest BCUT2D eigenvalue weighted by Gasteiger charge is -2.24. The molecule has 1 atom stereocenters. The molecule has 0 amide bonds. The van der Waals surface area contributed by atoms with Gasteiger partial charge in [0.25, 0.3) is 5.56 Å². The third-order valence-corrected chi connectivity index (χ3v) is 6.80. The zero-order chi connectivity index (χ0) is 23.0. The smallest absolute Gasteiger partial charge is 0.338 e. The number of halogens is 1. The van der Waals surface area contributed by atoms with Crippen LogP contribution in [0.2, 0.25) is 0 Å². The zero-order valence-electron chi connectivity index (χ0n) is 17.8. The number of esters is 1. The number of nitrogens with zero attached hydrogens (tertiary/aromatic N) is 2. The molecule has 1 aliphatic rings. The average molecular weight is 513 g/mol. The third kappa shape index (κ3) is 4.08. The number of phenolic OH excluding ortho intramolecular Hbond substituents is 1. The fourth-order valence-electron chi connectivity index (χ4n) is 3.62. The highest BCUT2D eigenvalue weighted by atomic mass is 79.9. The third-order valence-electron chi connectivity index (χ3n) is 5.18. The zero-order valence-corrected chi connectivity index (χ0v) is 20.2. The maximum atomic E-state index is 13.5. The van der Waals surface area contributed by atoms with Gasteiger partial charge in [-0.2, -0.15) is 0 Å². The number of aryl methyl sites for hydroxylation is 1. The van der Waals surface area contributed by atoms with E-state index in [1.807, 2.05) is 31.2 Å². The van der Waals surface area contributed by atoms with Crippen LogP contribution in [-0.2, 0) is 9.53 Å². The van der Waals surface area contributed by atoms with Gasteiger partial charge in [0.05, 0.1) is 32.9 Å². The molecular formula is C24H21BrN2O4S. The minimum absolute atomic E-state index is 0.123. The first-order valence-corrected chi connectivity index (χ1v) is 11.7. The standard InChI is InChI=1S/C24H21BrN2O4S/c1-4-31-23(30)20-14(3)26-24-27(21(20)16-8-5-13(2)6-9-16)22(29)19(32-24)12-15-7-10-18(28)17(25)11-15/h5-12,21,28H,4H2,1-3H3/b19-12-. The van der Waals surface area contributed by atoms with Crippen molar-refractivity contribution in [2.75, 3.05) is 6.61 Å². The maximum Gasteiger partial charge on any atom is 0.338 e. The second-order valence-electron chi connectivity index (χ2n) is 7.42. The average Bonchev–Trinajstić information content (AvgIpc) is 3.05. The number of hydrogen-bond donors (Lipinski definition) is 1. The number of aromatic nitrogens is 1. The van der Waals surface area contributed by atoms with Gasteiger partial charge in [-0.25, -0.2) is 9.79 Å².